The van der Waals surface area contributed by atoms with Crippen molar-refractivity contribution in [2.24, 2.45) is 0 Å². The quantitative estimate of drug-likeness (QED) is 0.865. The number of ether oxygens (including phenoxy) is 1. The van der Waals surface area contributed by atoms with Gasteiger partial charge in [0.2, 0.25) is 5.91 Å². The Labute approximate surface area is 116 Å². The van der Waals surface area contributed by atoms with Gasteiger partial charge in [-0.05, 0) is 16.3 Å². The Bertz CT molecular complexity index is 660. The van der Waals surface area contributed by atoms with E-state index in [1.54, 1.807) is 0 Å². The molecule has 102 valence electrons. The molecule has 1 atom stereocenters. The van der Waals surface area contributed by atoms with Crippen molar-refractivity contribution in [3.05, 3.63) is 48.0 Å². The van der Waals surface area contributed by atoms with Gasteiger partial charge in [0.15, 0.2) is 0 Å². The summed E-state index contributed by atoms with van der Waals surface area (Å²) >= 11 is 0. The molecule has 0 radical (unpaired) electrons. The molecular formula is C16H15NO3. The molecule has 0 unspecified atom stereocenters. The molecule has 20 heavy (non-hydrogen) atoms. The Hall–Kier alpha value is -2.36. The van der Waals surface area contributed by atoms with Gasteiger partial charge in [-0.1, -0.05) is 42.5 Å². The molecule has 3 rings (SSSR count). The Balaban J connectivity index is 1.76. The van der Waals surface area contributed by atoms with Crippen molar-refractivity contribution in [2.45, 2.75) is 18.9 Å². The van der Waals surface area contributed by atoms with Crippen LogP contribution < -0.4 is 5.32 Å². The van der Waals surface area contributed by atoms with Crippen molar-refractivity contribution in [3.63, 3.8) is 0 Å². The lowest BCUT2D eigenvalue weighted by Crippen LogP contribution is -2.38. The number of amides is 1. The van der Waals surface area contributed by atoms with Crippen molar-refractivity contribution in [3.8, 4) is 0 Å². The first-order chi connectivity index (χ1) is 9.74. The highest BCUT2D eigenvalue weighted by Gasteiger charge is 2.27. The summed E-state index contributed by atoms with van der Waals surface area (Å²) in [6.45, 7) is 0.387. The van der Waals surface area contributed by atoms with Crippen LogP contribution >= 0.6 is 0 Å². The maximum Gasteiger partial charge on any atom is 0.328 e. The van der Waals surface area contributed by atoms with E-state index in [0.717, 1.165) is 16.3 Å². The maximum atomic E-state index is 12.0. The topological polar surface area (TPSA) is 55.4 Å². The fourth-order valence-corrected chi connectivity index (χ4v) is 2.49. The zero-order valence-corrected chi connectivity index (χ0v) is 11.0. The fourth-order valence-electron chi connectivity index (χ4n) is 2.49. The van der Waals surface area contributed by atoms with Crippen molar-refractivity contribution < 1.29 is 14.3 Å². The number of carbonyl (C=O) groups is 2. The lowest BCUT2D eigenvalue weighted by atomic mass is 10.0. The summed E-state index contributed by atoms with van der Waals surface area (Å²) in [5.74, 6) is -0.485. The van der Waals surface area contributed by atoms with Crippen LogP contribution in [0.3, 0.4) is 0 Å². The molecule has 1 amide bonds. The van der Waals surface area contributed by atoms with Crippen molar-refractivity contribution in [2.75, 3.05) is 6.61 Å². The largest absolute Gasteiger partial charge is 0.464 e. The lowest BCUT2D eigenvalue weighted by molar-refractivity contribution is -0.141. The summed E-state index contributed by atoms with van der Waals surface area (Å²) in [7, 11) is 0. The summed E-state index contributed by atoms with van der Waals surface area (Å²) in [5, 5.41) is 4.91. The number of benzene rings is 2. The molecular weight excluding hydrogens is 254 g/mol. The molecule has 4 nitrogen and oxygen atoms in total. The van der Waals surface area contributed by atoms with Crippen LogP contribution in [-0.2, 0) is 20.7 Å². The van der Waals surface area contributed by atoms with E-state index in [4.69, 9.17) is 4.74 Å². The molecule has 0 saturated carbocycles. The molecule has 1 fully saturated rings. The maximum absolute atomic E-state index is 12.0. The summed E-state index contributed by atoms with van der Waals surface area (Å²) < 4.78 is 4.83. The van der Waals surface area contributed by atoms with E-state index in [0.29, 0.717) is 13.0 Å². The summed E-state index contributed by atoms with van der Waals surface area (Å²) in [6.07, 6.45) is 0.825. The minimum atomic E-state index is -0.488. The second kappa shape index (κ2) is 5.33. The molecule has 1 N–H and O–H groups in total. The number of nitrogens with one attached hydrogen (secondary N) is 1. The Morgan fingerprint density at radius 2 is 2.00 bits per heavy atom. The predicted octanol–water partition coefficient (Wildman–Crippen LogP) is 1.81. The third-order valence-electron chi connectivity index (χ3n) is 3.50. The molecule has 0 aliphatic carbocycles. The fraction of sp³-hybridized carbons (Fsp3) is 0.250. The van der Waals surface area contributed by atoms with Crippen LogP contribution in [0.1, 0.15) is 12.0 Å². The van der Waals surface area contributed by atoms with E-state index in [2.05, 4.69) is 5.32 Å². The number of rotatable bonds is 3. The van der Waals surface area contributed by atoms with Crippen molar-refractivity contribution >= 4 is 22.6 Å². The van der Waals surface area contributed by atoms with Gasteiger partial charge in [-0.25, -0.2) is 4.79 Å². The van der Waals surface area contributed by atoms with Crippen LogP contribution in [-0.4, -0.2) is 24.5 Å². The molecule has 2 aromatic rings. The molecule has 0 aromatic heterocycles. The van der Waals surface area contributed by atoms with Gasteiger partial charge in [-0.2, -0.15) is 0 Å². The first-order valence-corrected chi connectivity index (χ1v) is 6.67. The molecule has 0 bridgehead atoms. The van der Waals surface area contributed by atoms with Gasteiger partial charge in [0.25, 0.3) is 0 Å². The van der Waals surface area contributed by atoms with E-state index in [9.17, 15) is 9.59 Å². The standard InChI is InChI=1S/C16H15NO3/c18-15(17-14-8-9-20-16(14)19)10-12-6-3-5-11-4-1-2-7-13(11)12/h1-7,14H,8-10H2,(H,17,18)/t14-/m1/s1. The highest BCUT2D eigenvalue weighted by atomic mass is 16.5. The van der Waals surface area contributed by atoms with E-state index >= 15 is 0 Å². The number of carbonyl (C=O) groups excluding carboxylic acids is 2. The highest BCUT2D eigenvalue weighted by molar-refractivity contribution is 5.91. The zero-order valence-electron chi connectivity index (χ0n) is 11.0. The van der Waals surface area contributed by atoms with Gasteiger partial charge >= 0.3 is 5.97 Å². The molecule has 1 heterocycles. The van der Waals surface area contributed by atoms with Crippen molar-refractivity contribution in [1.29, 1.82) is 0 Å². The molecule has 0 spiro atoms. The van der Waals surface area contributed by atoms with Gasteiger partial charge in [0, 0.05) is 6.42 Å². The average molecular weight is 269 g/mol. The van der Waals surface area contributed by atoms with E-state index in [1.807, 2.05) is 42.5 Å². The summed E-state index contributed by atoms with van der Waals surface area (Å²) in [4.78, 5) is 23.4. The Kier molecular flexibility index (Phi) is 3.37. The minimum absolute atomic E-state index is 0.148. The molecule has 2 aromatic carbocycles. The summed E-state index contributed by atoms with van der Waals surface area (Å²) in [6, 6.07) is 13.4. The van der Waals surface area contributed by atoms with Crippen LogP contribution in [0.4, 0.5) is 0 Å². The number of esters is 1. The van der Waals surface area contributed by atoms with Gasteiger partial charge in [-0.3, -0.25) is 4.79 Å². The van der Waals surface area contributed by atoms with E-state index < -0.39 is 6.04 Å². The SMILES string of the molecule is O=C(Cc1cccc2ccccc12)N[C@@H]1CCOC1=O. The van der Waals surface area contributed by atoms with E-state index in [-0.39, 0.29) is 18.3 Å². The predicted molar refractivity (Wildman–Crippen MR) is 75.2 cm³/mol. The van der Waals surface area contributed by atoms with Crippen molar-refractivity contribution in [1.82, 2.24) is 5.32 Å². The lowest BCUT2D eigenvalue weighted by Gasteiger charge is -2.10. The van der Waals surface area contributed by atoms with Crippen LogP contribution in [0.5, 0.6) is 0 Å². The van der Waals surface area contributed by atoms with Gasteiger partial charge < -0.3 is 10.1 Å². The summed E-state index contributed by atoms with van der Waals surface area (Å²) in [5.41, 5.74) is 0.965. The minimum Gasteiger partial charge on any atom is -0.464 e. The van der Waals surface area contributed by atoms with Gasteiger partial charge in [-0.15, -0.1) is 0 Å². The van der Waals surface area contributed by atoms with E-state index in [1.165, 1.54) is 0 Å². The third kappa shape index (κ3) is 2.50. The molecule has 4 heteroatoms. The molecule has 1 aliphatic rings. The second-order valence-corrected chi connectivity index (χ2v) is 4.89. The first kappa shape index (κ1) is 12.7. The monoisotopic (exact) mass is 269 g/mol. The molecule has 1 saturated heterocycles. The number of hydrogen-bond donors (Lipinski definition) is 1. The van der Waals surface area contributed by atoms with Gasteiger partial charge in [0.05, 0.1) is 13.0 Å². The second-order valence-electron chi connectivity index (χ2n) is 4.89. The zero-order chi connectivity index (χ0) is 13.9. The third-order valence-corrected chi connectivity index (χ3v) is 3.50. The Morgan fingerprint density at radius 3 is 2.80 bits per heavy atom. The average Bonchev–Trinajstić information content (AvgIpc) is 2.85. The smallest absolute Gasteiger partial charge is 0.328 e. The highest BCUT2D eigenvalue weighted by Crippen LogP contribution is 2.19. The molecule has 1 aliphatic heterocycles. The van der Waals surface area contributed by atoms with Crippen LogP contribution in [0.15, 0.2) is 42.5 Å². The normalized spacial score (nSPS) is 18.0. The number of cyclic esters (lactones) is 1. The van der Waals surface area contributed by atoms with Crippen LogP contribution in [0.2, 0.25) is 0 Å². The number of fused-ring (bicyclic) bond motifs is 1. The van der Waals surface area contributed by atoms with Gasteiger partial charge in [0.1, 0.15) is 6.04 Å². The Morgan fingerprint density at radius 1 is 1.20 bits per heavy atom. The van der Waals surface area contributed by atoms with Crippen LogP contribution in [0.25, 0.3) is 10.8 Å². The van der Waals surface area contributed by atoms with Crippen LogP contribution in [0, 0.1) is 0 Å². The number of hydrogen-bond acceptors (Lipinski definition) is 3. The first-order valence-electron chi connectivity index (χ1n) is 6.67.